The van der Waals surface area contributed by atoms with Crippen LogP contribution in [0.1, 0.15) is 15.9 Å². The molecule has 17 heavy (non-hydrogen) atoms. The summed E-state index contributed by atoms with van der Waals surface area (Å²) >= 11 is 1.47. The van der Waals surface area contributed by atoms with Crippen LogP contribution in [0.15, 0.2) is 29.8 Å². The highest BCUT2D eigenvalue weighted by Gasteiger charge is 2.06. The quantitative estimate of drug-likeness (QED) is 0.896. The molecule has 1 N–H and O–H groups in total. The van der Waals surface area contributed by atoms with Gasteiger partial charge < -0.3 is 10.0 Å². The van der Waals surface area contributed by atoms with Crippen LogP contribution in [-0.4, -0.2) is 28.3 Å². The Hall–Kier alpha value is -1.95. The van der Waals surface area contributed by atoms with Crippen LogP contribution >= 0.6 is 11.3 Å². The molecule has 0 saturated heterocycles. The molecule has 0 unspecified atom stereocenters. The van der Waals surface area contributed by atoms with Gasteiger partial charge in [0.2, 0.25) is 5.13 Å². The van der Waals surface area contributed by atoms with Gasteiger partial charge in [-0.2, -0.15) is 0 Å². The van der Waals surface area contributed by atoms with Crippen LogP contribution in [-0.2, 0) is 6.54 Å². The Morgan fingerprint density at radius 2 is 2.12 bits per heavy atom. The van der Waals surface area contributed by atoms with Gasteiger partial charge in [0.25, 0.3) is 0 Å². The Balaban J connectivity index is 2.06. The first-order valence-electron chi connectivity index (χ1n) is 4.96. The molecule has 0 spiro atoms. The lowest BCUT2D eigenvalue weighted by Crippen LogP contribution is -2.16. The number of aromatic nitrogens is 2. The van der Waals surface area contributed by atoms with Crippen LogP contribution in [0.4, 0.5) is 5.13 Å². The zero-order chi connectivity index (χ0) is 12.3. The lowest BCUT2D eigenvalue weighted by atomic mass is 10.1. The van der Waals surface area contributed by atoms with Crippen molar-refractivity contribution in [2.45, 2.75) is 6.54 Å². The van der Waals surface area contributed by atoms with Crippen LogP contribution in [0, 0.1) is 0 Å². The maximum atomic E-state index is 10.7. The SMILES string of the molecule is CN(Cc1ccc(C(=O)O)cc1)c1nncs1. The second kappa shape index (κ2) is 4.92. The van der Waals surface area contributed by atoms with Crippen molar-refractivity contribution in [2.24, 2.45) is 0 Å². The Morgan fingerprint density at radius 1 is 1.41 bits per heavy atom. The molecule has 0 aliphatic heterocycles. The lowest BCUT2D eigenvalue weighted by Gasteiger charge is -2.14. The Morgan fingerprint density at radius 3 is 2.65 bits per heavy atom. The third-order valence-electron chi connectivity index (χ3n) is 2.30. The van der Waals surface area contributed by atoms with Gasteiger partial charge in [-0.05, 0) is 17.7 Å². The molecule has 1 heterocycles. The number of rotatable bonds is 4. The summed E-state index contributed by atoms with van der Waals surface area (Å²) in [6, 6.07) is 6.82. The van der Waals surface area contributed by atoms with Crippen LogP contribution in [0.3, 0.4) is 0 Å². The predicted molar refractivity (Wildman–Crippen MR) is 65.4 cm³/mol. The van der Waals surface area contributed by atoms with Gasteiger partial charge in [0, 0.05) is 13.6 Å². The number of carboxylic acid groups (broad SMARTS) is 1. The van der Waals surface area contributed by atoms with Gasteiger partial charge in [-0.3, -0.25) is 0 Å². The van der Waals surface area contributed by atoms with Gasteiger partial charge in [-0.1, -0.05) is 23.5 Å². The van der Waals surface area contributed by atoms with Gasteiger partial charge in [0.15, 0.2) is 0 Å². The van der Waals surface area contributed by atoms with Gasteiger partial charge >= 0.3 is 5.97 Å². The van der Waals surface area contributed by atoms with Crippen LogP contribution < -0.4 is 4.90 Å². The molecular weight excluding hydrogens is 238 g/mol. The second-order valence-electron chi connectivity index (χ2n) is 3.58. The Bertz CT molecular complexity index is 496. The average Bonchev–Trinajstić information content (AvgIpc) is 2.83. The van der Waals surface area contributed by atoms with Gasteiger partial charge in [-0.15, -0.1) is 10.2 Å². The van der Waals surface area contributed by atoms with E-state index in [9.17, 15) is 4.79 Å². The van der Waals surface area contributed by atoms with Crippen molar-refractivity contribution in [1.29, 1.82) is 0 Å². The van der Waals surface area contributed by atoms with Crippen LogP contribution in [0.2, 0.25) is 0 Å². The van der Waals surface area contributed by atoms with E-state index in [1.54, 1.807) is 29.8 Å². The van der Waals surface area contributed by atoms with E-state index in [1.165, 1.54) is 11.3 Å². The zero-order valence-corrected chi connectivity index (χ0v) is 10.0. The maximum absolute atomic E-state index is 10.7. The molecule has 2 rings (SSSR count). The van der Waals surface area contributed by atoms with E-state index in [-0.39, 0.29) is 0 Å². The highest BCUT2D eigenvalue weighted by atomic mass is 32.1. The number of aromatic carboxylic acids is 1. The molecule has 1 aromatic carbocycles. The molecule has 0 fully saturated rings. The third kappa shape index (κ3) is 2.79. The molecule has 0 atom stereocenters. The number of anilines is 1. The summed E-state index contributed by atoms with van der Waals surface area (Å²) in [5, 5.41) is 17.4. The average molecular weight is 249 g/mol. The van der Waals surface area contributed by atoms with Crippen molar-refractivity contribution in [3.63, 3.8) is 0 Å². The summed E-state index contributed by atoms with van der Waals surface area (Å²) in [5.41, 5.74) is 3.01. The van der Waals surface area contributed by atoms with Crippen molar-refractivity contribution in [3.05, 3.63) is 40.9 Å². The van der Waals surface area contributed by atoms with E-state index < -0.39 is 5.97 Å². The maximum Gasteiger partial charge on any atom is 0.335 e. The first-order chi connectivity index (χ1) is 8.16. The highest BCUT2D eigenvalue weighted by molar-refractivity contribution is 7.13. The Labute approximate surface area is 102 Å². The fourth-order valence-electron chi connectivity index (χ4n) is 1.43. The molecule has 1 aromatic heterocycles. The molecule has 6 heteroatoms. The minimum absolute atomic E-state index is 0.298. The lowest BCUT2D eigenvalue weighted by molar-refractivity contribution is 0.0697. The number of carbonyl (C=O) groups is 1. The molecule has 5 nitrogen and oxygen atoms in total. The summed E-state index contributed by atoms with van der Waals surface area (Å²) in [4.78, 5) is 12.7. The molecule has 2 aromatic rings. The topological polar surface area (TPSA) is 66.3 Å². The molecule has 0 amide bonds. The van der Waals surface area contributed by atoms with Crippen molar-refractivity contribution >= 4 is 22.4 Å². The Kier molecular flexibility index (Phi) is 3.34. The van der Waals surface area contributed by atoms with Crippen molar-refractivity contribution < 1.29 is 9.90 Å². The van der Waals surface area contributed by atoms with E-state index in [4.69, 9.17) is 5.11 Å². The van der Waals surface area contributed by atoms with Gasteiger partial charge in [-0.25, -0.2) is 4.79 Å². The number of benzene rings is 1. The molecule has 0 aliphatic carbocycles. The molecule has 0 radical (unpaired) electrons. The van der Waals surface area contributed by atoms with E-state index in [1.807, 2.05) is 11.9 Å². The first-order valence-corrected chi connectivity index (χ1v) is 5.84. The largest absolute Gasteiger partial charge is 0.478 e. The van der Waals surface area contributed by atoms with Crippen LogP contribution in [0.25, 0.3) is 0 Å². The van der Waals surface area contributed by atoms with E-state index in [0.29, 0.717) is 12.1 Å². The zero-order valence-electron chi connectivity index (χ0n) is 9.20. The van der Waals surface area contributed by atoms with Crippen LogP contribution in [0.5, 0.6) is 0 Å². The normalized spacial score (nSPS) is 10.2. The fraction of sp³-hybridized carbons (Fsp3) is 0.182. The smallest absolute Gasteiger partial charge is 0.335 e. The number of nitrogens with zero attached hydrogens (tertiary/aromatic N) is 3. The summed E-state index contributed by atoms with van der Waals surface area (Å²) < 4.78 is 0. The minimum Gasteiger partial charge on any atom is -0.478 e. The predicted octanol–water partition coefficient (Wildman–Crippen LogP) is 1.87. The van der Waals surface area contributed by atoms with E-state index >= 15 is 0 Å². The number of carboxylic acids is 1. The summed E-state index contributed by atoms with van der Waals surface area (Å²) in [6.45, 7) is 0.676. The molecule has 0 saturated carbocycles. The van der Waals surface area contributed by atoms with Gasteiger partial charge in [0.1, 0.15) is 5.51 Å². The van der Waals surface area contributed by atoms with E-state index in [2.05, 4.69) is 10.2 Å². The van der Waals surface area contributed by atoms with Crippen molar-refractivity contribution in [2.75, 3.05) is 11.9 Å². The monoisotopic (exact) mass is 249 g/mol. The summed E-state index contributed by atoms with van der Waals surface area (Å²) in [6.07, 6.45) is 0. The molecule has 0 bridgehead atoms. The third-order valence-corrected chi connectivity index (χ3v) is 3.10. The first kappa shape index (κ1) is 11.5. The number of hydrogen-bond acceptors (Lipinski definition) is 5. The minimum atomic E-state index is -0.908. The number of hydrogen-bond donors (Lipinski definition) is 1. The van der Waals surface area contributed by atoms with Crippen molar-refractivity contribution in [3.8, 4) is 0 Å². The van der Waals surface area contributed by atoms with Gasteiger partial charge in [0.05, 0.1) is 5.56 Å². The molecule has 88 valence electrons. The summed E-state index contributed by atoms with van der Waals surface area (Å²) in [7, 11) is 1.92. The fourth-order valence-corrected chi connectivity index (χ4v) is 1.96. The highest BCUT2D eigenvalue weighted by Crippen LogP contribution is 2.16. The summed E-state index contributed by atoms with van der Waals surface area (Å²) in [5.74, 6) is -0.908. The van der Waals surface area contributed by atoms with E-state index in [0.717, 1.165) is 10.7 Å². The second-order valence-corrected chi connectivity index (χ2v) is 4.39. The molecular formula is C11H11N3O2S. The van der Waals surface area contributed by atoms with Crippen molar-refractivity contribution in [1.82, 2.24) is 10.2 Å². The molecule has 0 aliphatic rings. The standard InChI is InChI=1S/C11H11N3O2S/c1-14(11-13-12-7-17-11)6-8-2-4-9(5-3-8)10(15)16/h2-5,7H,6H2,1H3,(H,15,16).